The third-order valence-electron chi connectivity index (χ3n) is 7.69. The summed E-state index contributed by atoms with van der Waals surface area (Å²) in [6.07, 6.45) is 40.8. The lowest BCUT2D eigenvalue weighted by Crippen LogP contribution is -2.14. The molecule has 0 aliphatic heterocycles. The van der Waals surface area contributed by atoms with Gasteiger partial charge in [-0.15, -0.1) is 7.92 Å². The van der Waals surface area contributed by atoms with Crippen molar-refractivity contribution in [3.8, 4) is 0 Å². The van der Waals surface area contributed by atoms with Gasteiger partial charge in [-0.3, -0.25) is 0 Å². The SMILES string of the molecule is CCCCCCCCCCCCP(CCCCCCCCCCCC)C1CCCCC1. The Labute approximate surface area is 200 Å². The first-order chi connectivity index (χ1) is 15.4. The van der Waals surface area contributed by atoms with Gasteiger partial charge < -0.3 is 0 Å². The average Bonchev–Trinajstić information content (AvgIpc) is 2.80. The van der Waals surface area contributed by atoms with Crippen molar-refractivity contribution in [2.75, 3.05) is 12.3 Å². The number of unbranched alkanes of at least 4 members (excludes halogenated alkanes) is 18. The van der Waals surface area contributed by atoms with E-state index in [9.17, 15) is 0 Å². The minimum Gasteiger partial charge on any atom is -0.104 e. The molecule has 1 aliphatic rings. The predicted molar refractivity (Wildman–Crippen MR) is 147 cm³/mol. The molecule has 0 bridgehead atoms. The van der Waals surface area contributed by atoms with Gasteiger partial charge in [0.15, 0.2) is 0 Å². The van der Waals surface area contributed by atoms with Crippen molar-refractivity contribution in [1.29, 1.82) is 0 Å². The molecule has 0 spiro atoms. The van der Waals surface area contributed by atoms with Crippen LogP contribution in [0.5, 0.6) is 0 Å². The van der Waals surface area contributed by atoms with Gasteiger partial charge in [0.05, 0.1) is 0 Å². The standard InChI is InChI=1S/C30H61P/c1-3-5-7-9-11-13-15-17-19-24-28-31(30-26-22-21-23-27-30)29-25-20-18-16-14-12-10-8-6-4-2/h30H,3-29H2,1-2H3. The van der Waals surface area contributed by atoms with Gasteiger partial charge in [-0.25, -0.2) is 0 Å². The predicted octanol–water partition coefficient (Wildman–Crippen LogP) is 11.6. The Morgan fingerprint density at radius 2 is 0.742 bits per heavy atom. The largest absolute Gasteiger partial charge is 0.104 e. The van der Waals surface area contributed by atoms with Crippen LogP contribution >= 0.6 is 7.92 Å². The molecule has 1 rings (SSSR count). The zero-order valence-electron chi connectivity index (χ0n) is 22.1. The summed E-state index contributed by atoms with van der Waals surface area (Å²) < 4.78 is 0. The highest BCUT2D eigenvalue weighted by atomic mass is 31.1. The summed E-state index contributed by atoms with van der Waals surface area (Å²) in [7, 11) is 0.352. The molecule has 0 atom stereocenters. The lowest BCUT2D eigenvalue weighted by atomic mass is 10.0. The molecule has 1 saturated carbocycles. The molecule has 0 radical (unpaired) electrons. The normalized spacial score (nSPS) is 15.2. The highest BCUT2D eigenvalue weighted by Crippen LogP contribution is 2.49. The van der Waals surface area contributed by atoms with Gasteiger partial charge in [-0.05, 0) is 43.7 Å². The van der Waals surface area contributed by atoms with E-state index in [0.717, 1.165) is 5.66 Å². The van der Waals surface area contributed by atoms with E-state index in [4.69, 9.17) is 0 Å². The zero-order valence-corrected chi connectivity index (χ0v) is 23.0. The first-order valence-corrected chi connectivity index (χ1v) is 16.9. The Morgan fingerprint density at radius 3 is 1.10 bits per heavy atom. The molecule has 0 heterocycles. The molecule has 1 aliphatic carbocycles. The van der Waals surface area contributed by atoms with Gasteiger partial charge in [0.25, 0.3) is 0 Å². The number of hydrogen-bond donors (Lipinski definition) is 0. The van der Waals surface area contributed by atoms with Crippen LogP contribution in [0.2, 0.25) is 0 Å². The van der Waals surface area contributed by atoms with Crippen LogP contribution in [0.25, 0.3) is 0 Å². The molecule has 31 heavy (non-hydrogen) atoms. The molecular formula is C30H61P. The summed E-state index contributed by atoms with van der Waals surface area (Å²) in [4.78, 5) is 0. The smallest absolute Gasteiger partial charge is 0.0209 e. The Morgan fingerprint density at radius 1 is 0.419 bits per heavy atom. The van der Waals surface area contributed by atoms with E-state index in [0.29, 0.717) is 7.92 Å². The van der Waals surface area contributed by atoms with Crippen LogP contribution < -0.4 is 0 Å². The van der Waals surface area contributed by atoms with E-state index in [2.05, 4.69) is 13.8 Å². The molecule has 1 heteroatoms. The van der Waals surface area contributed by atoms with E-state index in [1.807, 2.05) is 0 Å². The van der Waals surface area contributed by atoms with Crippen LogP contribution in [0.15, 0.2) is 0 Å². The topological polar surface area (TPSA) is 0 Å². The van der Waals surface area contributed by atoms with E-state index in [-0.39, 0.29) is 0 Å². The molecule has 0 aromatic carbocycles. The van der Waals surface area contributed by atoms with Crippen LogP contribution in [0, 0.1) is 0 Å². The maximum Gasteiger partial charge on any atom is -0.0209 e. The maximum absolute atomic E-state index is 2.32. The van der Waals surface area contributed by atoms with Gasteiger partial charge in [-0.2, -0.15) is 0 Å². The van der Waals surface area contributed by atoms with Crippen molar-refractivity contribution >= 4 is 7.92 Å². The second-order valence-electron chi connectivity index (χ2n) is 10.7. The second kappa shape index (κ2) is 23.6. The molecule has 0 amide bonds. The maximum atomic E-state index is 2.32. The minimum absolute atomic E-state index is 0.352. The minimum atomic E-state index is 0.352. The molecule has 0 aromatic heterocycles. The highest BCUT2D eigenvalue weighted by Gasteiger charge is 2.22. The van der Waals surface area contributed by atoms with E-state index >= 15 is 0 Å². The second-order valence-corrected chi connectivity index (χ2v) is 13.5. The van der Waals surface area contributed by atoms with Crippen LogP contribution in [0.4, 0.5) is 0 Å². The fourth-order valence-corrected chi connectivity index (χ4v) is 8.84. The Bertz CT molecular complexity index is 309. The van der Waals surface area contributed by atoms with E-state index < -0.39 is 0 Å². The van der Waals surface area contributed by atoms with Crippen molar-refractivity contribution in [2.45, 2.75) is 180 Å². The Hall–Kier alpha value is 0.430. The molecule has 0 unspecified atom stereocenters. The van der Waals surface area contributed by atoms with Gasteiger partial charge in [-0.1, -0.05) is 149 Å². The van der Waals surface area contributed by atoms with Gasteiger partial charge >= 0.3 is 0 Å². The molecule has 186 valence electrons. The summed E-state index contributed by atoms with van der Waals surface area (Å²) in [5, 5.41) is 0. The van der Waals surface area contributed by atoms with Gasteiger partial charge in [0, 0.05) is 0 Å². The van der Waals surface area contributed by atoms with Crippen LogP contribution in [0.1, 0.15) is 174 Å². The lowest BCUT2D eigenvalue weighted by Gasteiger charge is -2.31. The third-order valence-corrected chi connectivity index (χ3v) is 11.0. The fourth-order valence-electron chi connectivity index (χ4n) is 5.53. The summed E-state index contributed by atoms with van der Waals surface area (Å²) in [5.74, 6) is 0. The molecule has 1 fully saturated rings. The van der Waals surface area contributed by atoms with E-state index in [1.165, 1.54) is 122 Å². The van der Waals surface area contributed by atoms with Gasteiger partial charge in [0.2, 0.25) is 0 Å². The first-order valence-electron chi connectivity index (χ1n) is 15.1. The lowest BCUT2D eigenvalue weighted by molar-refractivity contribution is 0.508. The van der Waals surface area contributed by atoms with Crippen LogP contribution in [0.3, 0.4) is 0 Å². The fraction of sp³-hybridized carbons (Fsp3) is 1.00. The van der Waals surface area contributed by atoms with Crippen LogP contribution in [-0.4, -0.2) is 18.0 Å². The van der Waals surface area contributed by atoms with E-state index in [1.54, 1.807) is 50.8 Å². The summed E-state index contributed by atoms with van der Waals surface area (Å²) in [5.41, 5.74) is 1.15. The van der Waals surface area contributed by atoms with Crippen molar-refractivity contribution in [3.05, 3.63) is 0 Å². The van der Waals surface area contributed by atoms with Crippen molar-refractivity contribution < 1.29 is 0 Å². The summed E-state index contributed by atoms with van der Waals surface area (Å²) >= 11 is 0. The van der Waals surface area contributed by atoms with Crippen LogP contribution in [-0.2, 0) is 0 Å². The number of rotatable bonds is 23. The van der Waals surface area contributed by atoms with Crippen molar-refractivity contribution in [2.24, 2.45) is 0 Å². The summed E-state index contributed by atoms with van der Waals surface area (Å²) in [6, 6.07) is 0. The highest BCUT2D eigenvalue weighted by molar-refractivity contribution is 7.58. The van der Waals surface area contributed by atoms with Crippen molar-refractivity contribution in [1.82, 2.24) is 0 Å². The average molecular weight is 453 g/mol. The molecule has 0 nitrogen and oxygen atoms in total. The third kappa shape index (κ3) is 18.5. The first kappa shape index (κ1) is 29.5. The monoisotopic (exact) mass is 452 g/mol. The molecule has 0 aromatic rings. The molecule has 0 N–H and O–H groups in total. The molecule has 0 saturated heterocycles. The molecular weight excluding hydrogens is 391 g/mol. The Kier molecular flexibility index (Phi) is 22.4. The number of hydrogen-bond acceptors (Lipinski definition) is 0. The zero-order chi connectivity index (χ0) is 22.2. The van der Waals surface area contributed by atoms with Gasteiger partial charge in [0.1, 0.15) is 0 Å². The summed E-state index contributed by atoms with van der Waals surface area (Å²) in [6.45, 7) is 4.64. The Balaban J connectivity index is 2.05. The quantitative estimate of drug-likeness (QED) is 0.107. The van der Waals surface area contributed by atoms with Crippen molar-refractivity contribution in [3.63, 3.8) is 0 Å².